The number of fused-ring (bicyclic) bond motifs is 1. The number of halogens is 2. The molecule has 4 heterocycles. The van der Waals surface area contributed by atoms with Crippen LogP contribution in [0.2, 0.25) is 10.0 Å². The Morgan fingerprint density at radius 1 is 1.27 bits per heavy atom. The normalized spacial score (nSPS) is 19.5. The van der Waals surface area contributed by atoms with E-state index in [0.29, 0.717) is 39.5 Å². The Hall–Kier alpha value is -2.93. The van der Waals surface area contributed by atoms with Crippen LogP contribution in [0.25, 0.3) is 11.2 Å². The number of carboxylic acids is 1. The van der Waals surface area contributed by atoms with Gasteiger partial charge in [0.25, 0.3) is 0 Å². The van der Waals surface area contributed by atoms with Crippen molar-refractivity contribution in [3.8, 4) is 6.07 Å². The molecule has 0 saturated carbocycles. The van der Waals surface area contributed by atoms with Crippen molar-refractivity contribution in [2.75, 3.05) is 37.6 Å². The molecule has 2 saturated heterocycles. The van der Waals surface area contributed by atoms with E-state index in [2.05, 4.69) is 26.0 Å². The summed E-state index contributed by atoms with van der Waals surface area (Å²) in [7, 11) is 0. The molecular formula is C26H29Cl2N7O2. The molecule has 0 amide bonds. The van der Waals surface area contributed by atoms with E-state index in [0.717, 1.165) is 50.5 Å². The van der Waals surface area contributed by atoms with Crippen LogP contribution in [0.15, 0.2) is 24.4 Å². The minimum absolute atomic E-state index is 0.229. The highest BCUT2D eigenvalue weighted by Crippen LogP contribution is 2.35. The van der Waals surface area contributed by atoms with Gasteiger partial charge in [-0.25, -0.2) is 14.6 Å². The summed E-state index contributed by atoms with van der Waals surface area (Å²) in [5, 5.41) is 24.1. The number of carboxylic acid groups (broad SMARTS) is 1. The SMILES string of the molecule is C[C@H](c1ccc(Cl)cc1Cl)n1nc(C#N)c2ncc(N3CC(C4CCCN(CCCC(=O)O)C4)C3)nc21. The van der Waals surface area contributed by atoms with E-state index in [-0.39, 0.29) is 18.2 Å². The van der Waals surface area contributed by atoms with Crippen molar-refractivity contribution in [1.82, 2.24) is 24.6 Å². The van der Waals surface area contributed by atoms with Crippen molar-refractivity contribution in [3.05, 3.63) is 45.7 Å². The van der Waals surface area contributed by atoms with Crippen molar-refractivity contribution in [1.29, 1.82) is 5.26 Å². The predicted octanol–water partition coefficient (Wildman–Crippen LogP) is 4.63. The number of hydrogen-bond donors (Lipinski definition) is 1. The highest BCUT2D eigenvalue weighted by atomic mass is 35.5. The van der Waals surface area contributed by atoms with Gasteiger partial charge < -0.3 is 14.9 Å². The van der Waals surface area contributed by atoms with Crippen molar-refractivity contribution >= 4 is 46.2 Å². The van der Waals surface area contributed by atoms with Gasteiger partial charge in [0, 0.05) is 36.1 Å². The smallest absolute Gasteiger partial charge is 0.303 e. The molecule has 0 spiro atoms. The first-order valence-electron chi connectivity index (χ1n) is 12.6. The summed E-state index contributed by atoms with van der Waals surface area (Å²) in [6.45, 7) is 6.71. The van der Waals surface area contributed by atoms with Crippen LogP contribution in [0.1, 0.15) is 49.9 Å². The molecule has 2 fully saturated rings. The number of aromatic nitrogens is 4. The van der Waals surface area contributed by atoms with E-state index in [4.69, 9.17) is 33.3 Å². The number of benzene rings is 1. The van der Waals surface area contributed by atoms with Crippen LogP contribution in [-0.2, 0) is 4.79 Å². The van der Waals surface area contributed by atoms with Gasteiger partial charge in [-0.05, 0) is 68.8 Å². The molecule has 2 aromatic heterocycles. The third-order valence-corrected chi connectivity index (χ3v) is 8.15. The summed E-state index contributed by atoms with van der Waals surface area (Å²) in [5.74, 6) is 1.23. The topological polar surface area (TPSA) is 111 Å². The van der Waals surface area contributed by atoms with Gasteiger partial charge >= 0.3 is 5.97 Å². The van der Waals surface area contributed by atoms with Crippen LogP contribution in [-0.4, -0.2) is 68.4 Å². The van der Waals surface area contributed by atoms with Gasteiger partial charge in [-0.15, -0.1) is 0 Å². The Morgan fingerprint density at radius 2 is 2.08 bits per heavy atom. The Morgan fingerprint density at radius 3 is 2.81 bits per heavy atom. The van der Waals surface area contributed by atoms with Gasteiger partial charge in [-0.1, -0.05) is 29.3 Å². The molecule has 194 valence electrons. The summed E-state index contributed by atoms with van der Waals surface area (Å²) in [6, 6.07) is 7.21. The van der Waals surface area contributed by atoms with Gasteiger partial charge in [0.1, 0.15) is 17.4 Å². The fourth-order valence-corrected chi connectivity index (χ4v) is 6.07. The number of likely N-dealkylation sites (tertiary alicyclic amines) is 1. The molecule has 2 atom stereocenters. The van der Waals surface area contributed by atoms with Crippen LogP contribution in [0.3, 0.4) is 0 Å². The first-order chi connectivity index (χ1) is 17.8. The molecular weight excluding hydrogens is 513 g/mol. The third kappa shape index (κ3) is 5.37. The average Bonchev–Trinajstić information content (AvgIpc) is 3.21. The summed E-state index contributed by atoms with van der Waals surface area (Å²) < 4.78 is 1.72. The molecule has 1 aromatic carbocycles. The summed E-state index contributed by atoms with van der Waals surface area (Å²) >= 11 is 12.5. The molecule has 1 unspecified atom stereocenters. The van der Waals surface area contributed by atoms with Crippen molar-refractivity contribution in [3.63, 3.8) is 0 Å². The second-order valence-electron chi connectivity index (χ2n) is 10.0. The monoisotopic (exact) mass is 541 g/mol. The van der Waals surface area contributed by atoms with Crippen LogP contribution < -0.4 is 4.90 Å². The number of rotatable bonds is 8. The number of aliphatic carboxylic acids is 1. The molecule has 0 aliphatic carbocycles. The lowest BCUT2D eigenvalue weighted by molar-refractivity contribution is -0.137. The highest BCUT2D eigenvalue weighted by molar-refractivity contribution is 6.35. The maximum Gasteiger partial charge on any atom is 0.303 e. The van der Waals surface area contributed by atoms with Crippen LogP contribution in [0.5, 0.6) is 0 Å². The fraction of sp³-hybridized carbons (Fsp3) is 0.500. The zero-order valence-corrected chi connectivity index (χ0v) is 22.2. The van der Waals surface area contributed by atoms with Crippen molar-refractivity contribution in [2.24, 2.45) is 11.8 Å². The summed E-state index contributed by atoms with van der Waals surface area (Å²) in [5.41, 5.74) is 2.10. The largest absolute Gasteiger partial charge is 0.481 e. The van der Waals surface area contributed by atoms with Gasteiger partial charge in [0.05, 0.1) is 12.2 Å². The quantitative estimate of drug-likeness (QED) is 0.439. The maximum absolute atomic E-state index is 10.8. The standard InChI is InChI=1S/C26H29Cl2N7O2/c1-16(20-7-6-19(27)10-21(20)28)35-26-25(22(11-29)32-35)30-12-23(31-26)34-14-18(15-34)17-4-2-8-33(13-17)9-3-5-24(36)37/h6-7,10,12,16-18H,2-5,8-9,13-15H2,1H3,(H,36,37)/t16-,17?/m1/s1. The lowest BCUT2D eigenvalue weighted by atomic mass is 9.80. The van der Waals surface area contributed by atoms with Gasteiger partial charge in [0.15, 0.2) is 11.3 Å². The summed E-state index contributed by atoms with van der Waals surface area (Å²) in [4.78, 5) is 24.9. The van der Waals surface area contributed by atoms with E-state index in [1.807, 2.05) is 13.0 Å². The molecule has 5 rings (SSSR count). The van der Waals surface area contributed by atoms with E-state index >= 15 is 0 Å². The molecule has 2 aliphatic heterocycles. The van der Waals surface area contributed by atoms with Crippen LogP contribution >= 0.6 is 23.2 Å². The Balaban J connectivity index is 1.30. The lowest BCUT2D eigenvalue weighted by Crippen LogP contribution is -2.54. The van der Waals surface area contributed by atoms with Crippen molar-refractivity contribution < 1.29 is 9.90 Å². The predicted molar refractivity (Wildman–Crippen MR) is 142 cm³/mol. The molecule has 0 radical (unpaired) electrons. The maximum atomic E-state index is 10.8. The van der Waals surface area contributed by atoms with E-state index in [1.165, 1.54) is 6.42 Å². The lowest BCUT2D eigenvalue weighted by Gasteiger charge is -2.47. The summed E-state index contributed by atoms with van der Waals surface area (Å²) in [6.07, 6.45) is 5.01. The van der Waals surface area contributed by atoms with Gasteiger partial charge in [-0.2, -0.15) is 10.4 Å². The fourth-order valence-electron chi connectivity index (χ4n) is 5.50. The zero-order chi connectivity index (χ0) is 26.1. The second-order valence-corrected chi connectivity index (χ2v) is 10.9. The second kappa shape index (κ2) is 10.8. The Kier molecular flexibility index (Phi) is 7.52. The highest BCUT2D eigenvalue weighted by Gasteiger charge is 2.36. The third-order valence-electron chi connectivity index (χ3n) is 7.58. The van der Waals surface area contributed by atoms with E-state index in [1.54, 1.807) is 23.0 Å². The molecule has 11 heteroatoms. The average molecular weight is 542 g/mol. The number of anilines is 1. The number of nitriles is 1. The molecule has 2 aliphatic rings. The van der Waals surface area contributed by atoms with Gasteiger partial charge in [-0.3, -0.25) is 4.79 Å². The number of hydrogen-bond acceptors (Lipinski definition) is 7. The van der Waals surface area contributed by atoms with E-state index in [9.17, 15) is 10.1 Å². The van der Waals surface area contributed by atoms with Gasteiger partial charge in [0.2, 0.25) is 0 Å². The zero-order valence-electron chi connectivity index (χ0n) is 20.6. The number of piperidine rings is 1. The number of carbonyl (C=O) groups is 1. The van der Waals surface area contributed by atoms with Crippen LogP contribution in [0.4, 0.5) is 5.82 Å². The molecule has 37 heavy (non-hydrogen) atoms. The minimum atomic E-state index is -0.727. The first kappa shape index (κ1) is 25.7. The molecule has 1 N–H and O–H groups in total. The molecule has 0 bridgehead atoms. The Bertz CT molecular complexity index is 1350. The Labute approximate surface area is 225 Å². The first-order valence-corrected chi connectivity index (χ1v) is 13.4. The molecule has 9 nitrogen and oxygen atoms in total. The minimum Gasteiger partial charge on any atom is -0.481 e. The van der Waals surface area contributed by atoms with E-state index < -0.39 is 5.97 Å². The molecule has 3 aromatic rings. The van der Waals surface area contributed by atoms with Crippen molar-refractivity contribution in [2.45, 2.75) is 38.6 Å². The van der Waals surface area contributed by atoms with Crippen LogP contribution in [0, 0.1) is 23.2 Å². The number of nitrogens with zero attached hydrogens (tertiary/aromatic N) is 7.